The van der Waals surface area contributed by atoms with Crippen LogP contribution in [0.2, 0.25) is 0 Å². The molecule has 3 nitrogen and oxygen atoms in total. The van der Waals surface area contributed by atoms with Crippen LogP contribution in [0.5, 0.6) is 0 Å². The van der Waals surface area contributed by atoms with Crippen molar-refractivity contribution in [1.82, 2.24) is 9.59 Å². The van der Waals surface area contributed by atoms with E-state index in [9.17, 15) is 5.11 Å². The van der Waals surface area contributed by atoms with E-state index in [4.69, 9.17) is 0 Å². The molecule has 0 aromatic carbocycles. The number of aliphatic hydroxyl groups excluding tert-OH is 1. The molecule has 1 aliphatic rings. The predicted molar refractivity (Wildman–Crippen MR) is 79.2 cm³/mol. The van der Waals surface area contributed by atoms with E-state index in [1.54, 1.807) is 0 Å². The minimum atomic E-state index is -0.385. The standard InChI is InChI=1S/C15H26N2OS/c1-9-6-7-11(8-10(9)2)12(18)13-14(15(3,4)5)16-17-19-13/h9-12,18H,6-8H2,1-5H3. The Kier molecular flexibility index (Phi) is 4.31. The third kappa shape index (κ3) is 3.16. The lowest BCUT2D eigenvalue weighted by molar-refractivity contribution is 0.0572. The molecule has 0 saturated heterocycles. The van der Waals surface area contributed by atoms with Crippen molar-refractivity contribution in [3.8, 4) is 0 Å². The van der Waals surface area contributed by atoms with Crippen LogP contribution in [0.1, 0.15) is 70.6 Å². The lowest BCUT2D eigenvalue weighted by Gasteiger charge is -2.34. The Morgan fingerprint density at radius 3 is 2.47 bits per heavy atom. The molecule has 0 spiro atoms. The van der Waals surface area contributed by atoms with Crippen molar-refractivity contribution < 1.29 is 5.11 Å². The van der Waals surface area contributed by atoms with Crippen molar-refractivity contribution in [3.63, 3.8) is 0 Å². The second-order valence-corrected chi connectivity index (χ2v) is 7.99. The van der Waals surface area contributed by atoms with E-state index in [-0.39, 0.29) is 11.5 Å². The summed E-state index contributed by atoms with van der Waals surface area (Å²) in [4.78, 5) is 0.985. The van der Waals surface area contributed by atoms with Crippen molar-refractivity contribution in [1.29, 1.82) is 0 Å². The van der Waals surface area contributed by atoms with Gasteiger partial charge in [0.1, 0.15) is 0 Å². The van der Waals surface area contributed by atoms with Crippen molar-refractivity contribution in [2.45, 2.75) is 65.4 Å². The van der Waals surface area contributed by atoms with Gasteiger partial charge in [-0.15, -0.1) is 5.10 Å². The Morgan fingerprint density at radius 2 is 1.89 bits per heavy atom. The highest BCUT2D eigenvalue weighted by molar-refractivity contribution is 7.05. The van der Waals surface area contributed by atoms with Crippen LogP contribution in [0.25, 0.3) is 0 Å². The highest BCUT2D eigenvalue weighted by Gasteiger charge is 2.34. The summed E-state index contributed by atoms with van der Waals surface area (Å²) in [5, 5.41) is 15.0. The van der Waals surface area contributed by atoms with Gasteiger partial charge in [0.05, 0.1) is 16.7 Å². The predicted octanol–water partition coefficient (Wildman–Crippen LogP) is 3.94. The number of hydrogen-bond acceptors (Lipinski definition) is 4. The Labute approximate surface area is 120 Å². The summed E-state index contributed by atoms with van der Waals surface area (Å²) in [6, 6.07) is 0. The zero-order chi connectivity index (χ0) is 14.2. The van der Waals surface area contributed by atoms with Crippen LogP contribution in [0, 0.1) is 17.8 Å². The average Bonchev–Trinajstić information content (AvgIpc) is 2.80. The van der Waals surface area contributed by atoms with Crippen molar-refractivity contribution >= 4 is 11.5 Å². The van der Waals surface area contributed by atoms with Gasteiger partial charge in [-0.1, -0.05) is 45.5 Å². The van der Waals surface area contributed by atoms with Gasteiger partial charge in [-0.2, -0.15) is 0 Å². The lowest BCUT2D eigenvalue weighted by atomic mass is 9.73. The van der Waals surface area contributed by atoms with E-state index in [1.165, 1.54) is 18.0 Å². The smallest absolute Gasteiger partial charge is 0.0945 e. The Bertz CT molecular complexity index is 424. The van der Waals surface area contributed by atoms with Crippen LogP contribution < -0.4 is 0 Å². The maximum Gasteiger partial charge on any atom is 0.0945 e. The number of nitrogens with zero attached hydrogens (tertiary/aromatic N) is 2. The van der Waals surface area contributed by atoms with Gasteiger partial charge in [-0.25, -0.2) is 0 Å². The van der Waals surface area contributed by atoms with E-state index in [0.717, 1.165) is 29.3 Å². The molecule has 1 aromatic heterocycles. The molecule has 0 bridgehead atoms. The minimum absolute atomic E-state index is 0.0448. The normalized spacial score (nSPS) is 30.3. The molecule has 2 rings (SSSR count). The molecule has 0 aliphatic heterocycles. The fourth-order valence-corrected chi connectivity index (χ4v) is 3.95. The Morgan fingerprint density at radius 1 is 1.21 bits per heavy atom. The number of aliphatic hydroxyl groups is 1. The van der Waals surface area contributed by atoms with Crippen molar-refractivity contribution in [2.75, 3.05) is 0 Å². The van der Waals surface area contributed by atoms with Crippen molar-refractivity contribution in [2.24, 2.45) is 17.8 Å². The zero-order valence-electron chi connectivity index (χ0n) is 12.7. The van der Waals surface area contributed by atoms with Gasteiger partial charge in [0, 0.05) is 5.41 Å². The second-order valence-electron chi connectivity index (χ2n) is 7.21. The van der Waals surface area contributed by atoms with Gasteiger partial charge < -0.3 is 5.11 Å². The fourth-order valence-electron chi connectivity index (χ4n) is 3.00. The molecule has 0 radical (unpaired) electrons. The molecule has 1 heterocycles. The molecule has 19 heavy (non-hydrogen) atoms. The minimum Gasteiger partial charge on any atom is -0.387 e. The maximum atomic E-state index is 10.7. The highest BCUT2D eigenvalue weighted by atomic mass is 32.1. The third-order valence-corrected chi connectivity index (χ3v) is 5.37. The lowest BCUT2D eigenvalue weighted by Crippen LogP contribution is -2.26. The SMILES string of the molecule is CC1CCC(C(O)c2snnc2C(C)(C)C)CC1C. The van der Waals surface area contributed by atoms with Crippen LogP contribution in [0.3, 0.4) is 0 Å². The van der Waals surface area contributed by atoms with Crippen LogP contribution in [0.4, 0.5) is 0 Å². The van der Waals surface area contributed by atoms with Gasteiger partial charge in [-0.05, 0) is 42.1 Å². The first-order valence-electron chi connectivity index (χ1n) is 7.31. The van der Waals surface area contributed by atoms with Gasteiger partial charge in [0.15, 0.2) is 0 Å². The molecular weight excluding hydrogens is 256 g/mol. The van der Waals surface area contributed by atoms with E-state index in [1.807, 2.05) is 0 Å². The summed E-state index contributed by atoms with van der Waals surface area (Å²) in [7, 11) is 0. The van der Waals surface area contributed by atoms with Crippen LogP contribution in [-0.4, -0.2) is 14.7 Å². The first kappa shape index (κ1) is 14.9. The summed E-state index contributed by atoms with van der Waals surface area (Å²) in [5.74, 6) is 1.85. The monoisotopic (exact) mass is 282 g/mol. The third-order valence-electron chi connectivity index (χ3n) is 4.58. The van der Waals surface area contributed by atoms with Crippen molar-refractivity contribution in [3.05, 3.63) is 10.6 Å². The van der Waals surface area contributed by atoms with Gasteiger partial charge in [-0.3, -0.25) is 0 Å². The van der Waals surface area contributed by atoms with Gasteiger partial charge in [0.25, 0.3) is 0 Å². The molecule has 1 aliphatic carbocycles. The van der Waals surface area contributed by atoms with Gasteiger partial charge in [0.2, 0.25) is 0 Å². The van der Waals surface area contributed by atoms with E-state index in [0.29, 0.717) is 11.8 Å². The van der Waals surface area contributed by atoms with Crippen LogP contribution in [-0.2, 0) is 5.41 Å². The molecule has 108 valence electrons. The number of rotatable bonds is 2. The summed E-state index contributed by atoms with van der Waals surface area (Å²) in [6.07, 6.45) is 3.07. The summed E-state index contributed by atoms with van der Waals surface area (Å²) in [6.45, 7) is 11.0. The van der Waals surface area contributed by atoms with Crippen LogP contribution >= 0.6 is 11.5 Å². The molecule has 4 heteroatoms. The molecule has 0 amide bonds. The number of hydrogen-bond donors (Lipinski definition) is 1. The van der Waals surface area contributed by atoms with Crippen LogP contribution in [0.15, 0.2) is 0 Å². The Hall–Kier alpha value is -0.480. The molecule has 1 N–H and O–H groups in total. The van der Waals surface area contributed by atoms with E-state index in [2.05, 4.69) is 44.2 Å². The van der Waals surface area contributed by atoms with E-state index >= 15 is 0 Å². The second kappa shape index (κ2) is 5.49. The maximum absolute atomic E-state index is 10.7. The highest BCUT2D eigenvalue weighted by Crippen LogP contribution is 2.42. The number of aromatic nitrogens is 2. The average molecular weight is 282 g/mol. The molecule has 1 aromatic rings. The molecular formula is C15H26N2OS. The molecule has 1 saturated carbocycles. The summed E-state index contributed by atoms with van der Waals surface area (Å²) < 4.78 is 4.07. The molecule has 1 fully saturated rings. The first-order valence-corrected chi connectivity index (χ1v) is 8.08. The largest absolute Gasteiger partial charge is 0.387 e. The molecule has 4 atom stereocenters. The quantitative estimate of drug-likeness (QED) is 0.893. The summed E-state index contributed by atoms with van der Waals surface area (Å²) in [5.41, 5.74) is 0.924. The first-order chi connectivity index (χ1) is 8.80. The summed E-state index contributed by atoms with van der Waals surface area (Å²) >= 11 is 1.37. The molecule has 4 unspecified atom stereocenters. The van der Waals surface area contributed by atoms with Gasteiger partial charge >= 0.3 is 0 Å². The zero-order valence-corrected chi connectivity index (χ0v) is 13.5. The Balaban J connectivity index is 2.16. The van der Waals surface area contributed by atoms with E-state index < -0.39 is 0 Å². The fraction of sp³-hybridized carbons (Fsp3) is 0.867. The topological polar surface area (TPSA) is 46.0 Å².